The quantitative estimate of drug-likeness (QED) is 0.285. The van der Waals surface area contributed by atoms with E-state index in [4.69, 9.17) is 27.9 Å². The molecule has 0 heterocycles. The van der Waals surface area contributed by atoms with Crippen LogP contribution in [0.25, 0.3) is 11.1 Å². The maximum Gasteiger partial charge on any atom is 0.264 e. The van der Waals surface area contributed by atoms with Crippen LogP contribution in [0, 0.1) is 0 Å². The van der Waals surface area contributed by atoms with E-state index >= 15 is 0 Å². The molecule has 178 valence electrons. The van der Waals surface area contributed by atoms with Crippen LogP contribution in [0.5, 0.6) is 0 Å². The van der Waals surface area contributed by atoms with Gasteiger partial charge in [-0.1, -0.05) is 83.9 Å². The molecule has 0 atom stereocenters. The molecule has 4 aromatic rings. The molecule has 1 amide bonds. The minimum absolute atomic E-state index is 0.0106. The second-order valence-electron chi connectivity index (χ2n) is 7.75. The third-order valence-corrected chi connectivity index (χ3v) is 7.19. The lowest BCUT2D eigenvalue weighted by Gasteiger charge is -2.09. The molecule has 0 unspecified atom stereocenters. The lowest BCUT2D eigenvalue weighted by molar-refractivity contribution is 0.0980. The van der Waals surface area contributed by atoms with Gasteiger partial charge in [0.25, 0.3) is 15.9 Å². The molecular formula is C27H21Cl2NO4S. The molecule has 0 radical (unpaired) electrons. The van der Waals surface area contributed by atoms with Crippen LogP contribution in [0.3, 0.4) is 0 Å². The lowest BCUT2D eigenvalue weighted by atomic mass is 10.1. The molecule has 35 heavy (non-hydrogen) atoms. The lowest BCUT2D eigenvalue weighted by Crippen LogP contribution is -2.30. The fourth-order valence-corrected chi connectivity index (χ4v) is 4.80. The standard InChI is InChI=1S/C27H21Cl2NO4S/c28-24-13-10-23(26(29)16-24)18-34-17-19-6-8-22(9-7-19)27(31)30-35(32,33)25-14-11-21(12-15-25)20-4-2-1-3-5-20/h1-16H,17-18H2,(H,30,31). The molecule has 0 bridgehead atoms. The van der Waals surface area contributed by atoms with Gasteiger partial charge < -0.3 is 4.74 Å². The van der Waals surface area contributed by atoms with E-state index in [1.54, 1.807) is 54.6 Å². The third-order valence-electron chi connectivity index (χ3n) is 5.26. The number of ether oxygens (including phenoxy) is 1. The molecule has 8 heteroatoms. The van der Waals surface area contributed by atoms with E-state index < -0.39 is 15.9 Å². The highest BCUT2D eigenvalue weighted by Gasteiger charge is 2.19. The Balaban J connectivity index is 1.35. The maximum atomic E-state index is 12.7. The molecule has 0 saturated carbocycles. The van der Waals surface area contributed by atoms with Crippen molar-refractivity contribution in [3.8, 4) is 11.1 Å². The minimum Gasteiger partial charge on any atom is -0.372 e. The molecule has 0 saturated heterocycles. The number of benzene rings is 4. The number of amides is 1. The van der Waals surface area contributed by atoms with Crippen LogP contribution in [-0.4, -0.2) is 14.3 Å². The highest BCUT2D eigenvalue weighted by Crippen LogP contribution is 2.23. The Morgan fingerprint density at radius 3 is 2.09 bits per heavy atom. The van der Waals surface area contributed by atoms with Gasteiger partial charge in [-0.25, -0.2) is 13.1 Å². The van der Waals surface area contributed by atoms with Crippen LogP contribution in [0.2, 0.25) is 10.0 Å². The molecule has 5 nitrogen and oxygen atoms in total. The topological polar surface area (TPSA) is 72.5 Å². The van der Waals surface area contributed by atoms with Crippen LogP contribution in [0.15, 0.2) is 102 Å². The third kappa shape index (κ3) is 6.50. The second kappa shape index (κ2) is 11.1. The van der Waals surface area contributed by atoms with Gasteiger partial charge in [0, 0.05) is 15.6 Å². The Morgan fingerprint density at radius 2 is 1.43 bits per heavy atom. The van der Waals surface area contributed by atoms with E-state index in [2.05, 4.69) is 4.72 Å². The number of halogens is 2. The van der Waals surface area contributed by atoms with Crippen LogP contribution in [0.4, 0.5) is 0 Å². The summed E-state index contributed by atoms with van der Waals surface area (Å²) >= 11 is 12.0. The van der Waals surface area contributed by atoms with Crippen LogP contribution in [0.1, 0.15) is 21.5 Å². The fourth-order valence-electron chi connectivity index (χ4n) is 3.37. The van der Waals surface area contributed by atoms with Gasteiger partial charge in [-0.05, 0) is 58.7 Å². The normalized spacial score (nSPS) is 11.3. The summed E-state index contributed by atoms with van der Waals surface area (Å²) in [6.45, 7) is 0.604. The number of sulfonamides is 1. The van der Waals surface area contributed by atoms with Gasteiger partial charge >= 0.3 is 0 Å². The zero-order valence-electron chi connectivity index (χ0n) is 18.4. The molecule has 4 rings (SSSR count). The first kappa shape index (κ1) is 24.9. The molecule has 0 fully saturated rings. The van der Waals surface area contributed by atoms with Crippen molar-refractivity contribution >= 4 is 39.1 Å². The SMILES string of the molecule is O=C(NS(=O)(=O)c1ccc(-c2ccccc2)cc1)c1ccc(COCc2ccc(Cl)cc2Cl)cc1. The summed E-state index contributed by atoms with van der Waals surface area (Å²) in [6, 6.07) is 27.7. The summed E-state index contributed by atoms with van der Waals surface area (Å²) in [5, 5.41) is 1.08. The summed E-state index contributed by atoms with van der Waals surface area (Å²) in [5.41, 5.74) is 3.71. The van der Waals surface area contributed by atoms with E-state index in [0.717, 1.165) is 22.3 Å². The number of rotatable bonds is 8. The van der Waals surface area contributed by atoms with Gasteiger partial charge in [0.05, 0.1) is 18.1 Å². The van der Waals surface area contributed by atoms with Crippen molar-refractivity contribution in [2.24, 2.45) is 0 Å². The Morgan fingerprint density at radius 1 is 0.771 bits per heavy atom. The van der Waals surface area contributed by atoms with E-state index in [0.29, 0.717) is 23.3 Å². The molecular weight excluding hydrogens is 505 g/mol. The van der Waals surface area contributed by atoms with E-state index in [-0.39, 0.29) is 10.5 Å². The average molecular weight is 526 g/mol. The molecule has 1 N–H and O–H groups in total. The van der Waals surface area contributed by atoms with Crippen molar-refractivity contribution < 1.29 is 17.9 Å². The largest absolute Gasteiger partial charge is 0.372 e. The summed E-state index contributed by atoms with van der Waals surface area (Å²) in [4.78, 5) is 12.6. The fraction of sp³-hybridized carbons (Fsp3) is 0.0741. The second-order valence-corrected chi connectivity index (χ2v) is 10.3. The highest BCUT2D eigenvalue weighted by atomic mass is 35.5. The van der Waals surface area contributed by atoms with Crippen LogP contribution in [-0.2, 0) is 28.0 Å². The van der Waals surface area contributed by atoms with Crippen LogP contribution < -0.4 is 4.72 Å². The van der Waals surface area contributed by atoms with Crippen molar-refractivity contribution in [2.45, 2.75) is 18.1 Å². The Hall–Kier alpha value is -3.16. The monoisotopic (exact) mass is 525 g/mol. The summed E-state index contributed by atoms with van der Waals surface area (Å²) < 4.78 is 33.2. The first-order valence-electron chi connectivity index (χ1n) is 10.6. The van der Waals surface area contributed by atoms with Gasteiger partial charge in [0.1, 0.15) is 0 Å². The Bertz CT molecular complexity index is 1420. The first-order valence-corrected chi connectivity index (χ1v) is 12.9. The van der Waals surface area contributed by atoms with Gasteiger partial charge in [0.2, 0.25) is 0 Å². The average Bonchev–Trinajstić information content (AvgIpc) is 2.86. The highest BCUT2D eigenvalue weighted by molar-refractivity contribution is 7.90. The maximum absolute atomic E-state index is 12.7. The van der Waals surface area contributed by atoms with E-state index in [9.17, 15) is 13.2 Å². The van der Waals surface area contributed by atoms with E-state index in [1.165, 1.54) is 12.1 Å². The number of carbonyl (C=O) groups excluding carboxylic acids is 1. The summed E-state index contributed by atoms with van der Waals surface area (Å²) in [5.74, 6) is -0.711. The van der Waals surface area contributed by atoms with E-state index in [1.807, 2.05) is 30.3 Å². The number of nitrogens with one attached hydrogen (secondary N) is 1. The number of hydrogen-bond donors (Lipinski definition) is 1. The zero-order valence-corrected chi connectivity index (χ0v) is 20.8. The molecule has 0 spiro atoms. The van der Waals surface area contributed by atoms with Gasteiger partial charge in [-0.15, -0.1) is 0 Å². The predicted octanol–water partition coefficient (Wildman–Crippen LogP) is 6.50. The van der Waals surface area contributed by atoms with Gasteiger partial charge in [0.15, 0.2) is 0 Å². The van der Waals surface area contributed by atoms with Crippen LogP contribution >= 0.6 is 23.2 Å². The predicted molar refractivity (Wildman–Crippen MR) is 138 cm³/mol. The Kier molecular flexibility index (Phi) is 7.88. The van der Waals surface area contributed by atoms with Crippen molar-refractivity contribution in [2.75, 3.05) is 0 Å². The minimum atomic E-state index is -4.01. The molecule has 4 aromatic carbocycles. The van der Waals surface area contributed by atoms with Gasteiger partial charge in [-0.2, -0.15) is 0 Å². The molecule has 0 aromatic heterocycles. The molecule has 0 aliphatic heterocycles. The number of hydrogen-bond acceptors (Lipinski definition) is 4. The van der Waals surface area contributed by atoms with Gasteiger partial charge in [-0.3, -0.25) is 4.79 Å². The summed E-state index contributed by atoms with van der Waals surface area (Å²) in [6.07, 6.45) is 0. The van der Waals surface area contributed by atoms with Crippen molar-refractivity contribution in [3.63, 3.8) is 0 Å². The summed E-state index contributed by atoms with van der Waals surface area (Å²) in [7, 11) is -4.01. The first-order chi connectivity index (χ1) is 16.8. The molecule has 0 aliphatic carbocycles. The zero-order chi connectivity index (χ0) is 24.8. The Labute approximate surface area is 214 Å². The number of carbonyl (C=O) groups is 1. The van der Waals surface area contributed by atoms with Crippen molar-refractivity contribution in [1.82, 2.24) is 4.72 Å². The van der Waals surface area contributed by atoms with Crippen molar-refractivity contribution in [3.05, 3.63) is 124 Å². The molecule has 0 aliphatic rings. The smallest absolute Gasteiger partial charge is 0.264 e. The van der Waals surface area contributed by atoms with Crippen molar-refractivity contribution in [1.29, 1.82) is 0 Å².